The van der Waals surface area contributed by atoms with Crippen molar-refractivity contribution in [1.29, 1.82) is 0 Å². The number of hydrogen-bond donors (Lipinski definition) is 0. The quantitative estimate of drug-likeness (QED) is 0.0629. The van der Waals surface area contributed by atoms with Gasteiger partial charge in [-0.15, -0.1) is 11.3 Å². The van der Waals surface area contributed by atoms with Crippen molar-refractivity contribution in [3.05, 3.63) is 86.7 Å². The zero-order valence-electron chi connectivity index (χ0n) is 44.7. The SMILES string of the molecule is C.CC.CC.CC(=O)C1CC1.CC(=O)c1ccco1.CC(=O)c1cccs1.CCCOC.CCCS(=O)(=O)OC.CCCS(C)(=O)=O.CCCS(C)=O.CF.COS(=O)(=O)c1ccc(F)cc1.C[N+](=O)[O-]. The van der Waals surface area contributed by atoms with Crippen molar-refractivity contribution < 1.29 is 75.1 Å². The fourth-order valence-electron chi connectivity index (χ4n) is 3.34. The molecule has 0 saturated heterocycles. The molecule has 0 amide bonds. The number of Topliss-reactive ketones (excluding diaryl/α,β-unsaturated/α-hetero) is 3. The van der Waals surface area contributed by atoms with E-state index in [-0.39, 0.29) is 29.6 Å². The lowest BCUT2D eigenvalue weighted by Gasteiger charge is -1.99. The summed E-state index contributed by atoms with van der Waals surface area (Å²) in [5, 5.41) is 10.7. The summed E-state index contributed by atoms with van der Waals surface area (Å²) in [6.07, 6.45) is 10.2. The monoisotopic (exact) mass is 1120 g/mol. The number of thiophene rings is 1. The van der Waals surface area contributed by atoms with Crippen LogP contribution in [0.25, 0.3) is 0 Å². The molecule has 2 aromatic heterocycles. The molecule has 0 spiro atoms. The van der Waals surface area contributed by atoms with Crippen LogP contribution in [0, 0.1) is 21.8 Å². The molecular formula is C47H89F2NO16S5. The smallest absolute Gasteiger partial charge is 0.296 e. The van der Waals surface area contributed by atoms with Gasteiger partial charge in [0.1, 0.15) is 21.4 Å². The van der Waals surface area contributed by atoms with Crippen molar-refractivity contribution in [3.63, 3.8) is 0 Å². The lowest BCUT2D eigenvalue weighted by molar-refractivity contribution is -0.445. The minimum atomic E-state index is -3.68. The van der Waals surface area contributed by atoms with Gasteiger partial charge in [-0.25, -0.2) is 12.8 Å². The topological polar surface area (TPSA) is 255 Å². The highest BCUT2D eigenvalue weighted by molar-refractivity contribution is 7.90. The molecule has 1 aromatic carbocycles. The summed E-state index contributed by atoms with van der Waals surface area (Å²) in [5.41, 5.74) is 0. The molecule has 1 saturated carbocycles. The average Bonchev–Trinajstić information content (AvgIpc) is 3.71. The molecule has 422 valence electrons. The van der Waals surface area contributed by atoms with Crippen LogP contribution in [-0.4, -0.2) is 124 Å². The maximum absolute atomic E-state index is 12.3. The maximum atomic E-state index is 12.3. The fourth-order valence-corrected chi connectivity index (χ4v) is 6.61. The zero-order chi connectivity index (χ0) is 57.0. The lowest BCUT2D eigenvalue weighted by Crippen LogP contribution is -2.05. The second kappa shape index (κ2) is 58.9. The third kappa shape index (κ3) is 75.4. The number of sulfone groups is 1. The Morgan fingerprint density at radius 2 is 1.25 bits per heavy atom. The van der Waals surface area contributed by atoms with Gasteiger partial charge in [-0.1, -0.05) is 68.9 Å². The fraction of sp³-hybridized carbons (Fsp3) is 0.638. The molecule has 1 atom stereocenters. The van der Waals surface area contributed by atoms with E-state index in [1.807, 2.05) is 59.1 Å². The minimum Gasteiger partial charge on any atom is -0.461 e. The first-order valence-corrected chi connectivity index (χ1v) is 29.6. The van der Waals surface area contributed by atoms with Gasteiger partial charge in [0.05, 0.1) is 43.2 Å². The number of rotatable bonds is 14. The largest absolute Gasteiger partial charge is 0.461 e. The molecule has 2 heterocycles. The van der Waals surface area contributed by atoms with E-state index < -0.39 is 51.6 Å². The number of halogens is 2. The molecule has 4 rings (SSSR count). The predicted molar refractivity (Wildman–Crippen MR) is 289 cm³/mol. The Morgan fingerprint density at radius 3 is 1.39 bits per heavy atom. The summed E-state index contributed by atoms with van der Waals surface area (Å²) in [4.78, 5) is 40.2. The van der Waals surface area contributed by atoms with E-state index in [1.165, 1.54) is 37.9 Å². The van der Waals surface area contributed by atoms with E-state index >= 15 is 0 Å². The van der Waals surface area contributed by atoms with Crippen molar-refractivity contribution in [2.45, 2.75) is 127 Å². The van der Waals surface area contributed by atoms with Crippen LogP contribution in [-0.2, 0) is 58.8 Å². The van der Waals surface area contributed by atoms with E-state index in [0.717, 1.165) is 87.8 Å². The summed E-state index contributed by atoms with van der Waals surface area (Å²) < 4.78 is 113. The highest BCUT2D eigenvalue weighted by Gasteiger charge is 2.25. The summed E-state index contributed by atoms with van der Waals surface area (Å²) >= 11 is 1.48. The molecule has 0 radical (unpaired) electrons. The summed E-state index contributed by atoms with van der Waals surface area (Å²) in [5.74, 6) is 2.17. The Hall–Kier alpha value is -3.65. The van der Waals surface area contributed by atoms with Crippen LogP contribution in [0.1, 0.15) is 142 Å². The molecular weight excluding hydrogens is 1030 g/mol. The van der Waals surface area contributed by atoms with Crippen LogP contribution < -0.4 is 0 Å². The number of nitrogens with zero attached hydrogens (tertiary/aromatic N) is 1. The number of benzene rings is 1. The molecule has 0 bridgehead atoms. The summed E-state index contributed by atoms with van der Waals surface area (Å²) in [7, 11) is -4.76. The van der Waals surface area contributed by atoms with Crippen LogP contribution in [0.2, 0.25) is 0 Å². The number of carbonyl (C=O) groups is 3. The van der Waals surface area contributed by atoms with Gasteiger partial charge in [0, 0.05) is 66.3 Å². The van der Waals surface area contributed by atoms with E-state index in [9.17, 15) is 52.6 Å². The second-order valence-electron chi connectivity index (χ2n) is 12.8. The van der Waals surface area contributed by atoms with Crippen LogP contribution >= 0.6 is 11.3 Å². The average molecular weight is 1120 g/mol. The molecule has 0 aliphatic heterocycles. The third-order valence-electron chi connectivity index (χ3n) is 6.39. The van der Waals surface area contributed by atoms with Gasteiger partial charge >= 0.3 is 0 Å². The molecule has 71 heavy (non-hydrogen) atoms. The van der Waals surface area contributed by atoms with Crippen LogP contribution in [0.4, 0.5) is 8.78 Å². The van der Waals surface area contributed by atoms with Crippen LogP contribution in [0.3, 0.4) is 0 Å². The van der Waals surface area contributed by atoms with Crippen molar-refractivity contribution in [3.8, 4) is 0 Å². The molecule has 17 nitrogen and oxygen atoms in total. The Balaban J connectivity index is -0.0000000868. The van der Waals surface area contributed by atoms with E-state index in [0.29, 0.717) is 36.8 Å². The highest BCUT2D eigenvalue weighted by atomic mass is 32.2. The Labute approximate surface area is 434 Å². The van der Waals surface area contributed by atoms with E-state index in [2.05, 4.69) is 15.3 Å². The lowest BCUT2D eigenvalue weighted by atomic mass is 10.3. The van der Waals surface area contributed by atoms with E-state index in [1.54, 1.807) is 46.3 Å². The van der Waals surface area contributed by atoms with Crippen LogP contribution in [0.15, 0.2) is 69.5 Å². The van der Waals surface area contributed by atoms with Gasteiger partial charge in [0.2, 0.25) is 0 Å². The first kappa shape index (κ1) is 87.1. The predicted octanol–water partition coefficient (Wildman–Crippen LogP) is 11.4. The summed E-state index contributed by atoms with van der Waals surface area (Å²) in [6, 6.07) is 11.5. The molecule has 1 aliphatic carbocycles. The number of carbonyl (C=O) groups excluding carboxylic acids is 3. The van der Waals surface area contributed by atoms with Gasteiger partial charge < -0.3 is 9.15 Å². The molecule has 3 aromatic rings. The Morgan fingerprint density at radius 1 is 0.789 bits per heavy atom. The normalized spacial score (nSPS) is 10.6. The molecule has 24 heteroatoms. The Kier molecular flexibility index (Phi) is 72.3. The number of methoxy groups -OCH3 is 1. The third-order valence-corrected chi connectivity index (χ3v) is 12.2. The molecule has 1 unspecified atom stereocenters. The number of furan rings is 1. The number of hydrogen-bond acceptors (Lipinski definition) is 17. The number of nitro groups is 1. The van der Waals surface area contributed by atoms with Crippen molar-refractivity contribution in [2.75, 3.05) is 71.9 Å². The van der Waals surface area contributed by atoms with Gasteiger partial charge in [0.25, 0.3) is 20.2 Å². The molecule has 0 N–H and O–H groups in total. The zero-order valence-corrected chi connectivity index (χ0v) is 48.8. The van der Waals surface area contributed by atoms with Crippen molar-refractivity contribution in [1.82, 2.24) is 0 Å². The number of alkyl halides is 1. The molecule has 1 fully saturated rings. The first-order valence-electron chi connectivity index (χ1n) is 21.9. The van der Waals surface area contributed by atoms with E-state index in [4.69, 9.17) is 19.3 Å². The van der Waals surface area contributed by atoms with Gasteiger partial charge in [-0.05, 0) is 100 Å². The van der Waals surface area contributed by atoms with Gasteiger partial charge in [0.15, 0.2) is 24.4 Å². The summed E-state index contributed by atoms with van der Waals surface area (Å²) in [6.45, 7) is 21.4. The first-order chi connectivity index (χ1) is 32.6. The number of ether oxygens (including phenoxy) is 1. The second-order valence-corrected chi connectivity index (χ2v) is 21.1. The van der Waals surface area contributed by atoms with Crippen molar-refractivity contribution >= 4 is 69.6 Å². The van der Waals surface area contributed by atoms with Crippen LogP contribution in [0.5, 0.6) is 0 Å². The standard InChI is InChI=1S/C7H7FO3S.C6H6O2.C6H6OS.C5H8O.C4H10O3S.C4H10O2S.C4H10OS.C4H10O.2C2H6.CH3F.CH3NO2.CH4/c1-11-12(9,10)7-4-2-6(8)3-5-7;2*1-5(7)6-3-2-4-8-6;1-4(6)5-2-3-5;1-3-4-8(5,6)7-2;1-3-4-7(2,5)6;1-3-4-6(2)5;1-3-4-5-2;3*1-2;1-2(3)4;/h2-5H,1H3;2*2-4H,1H3;5H,2-3H2,1H3;3-4H2,1-2H3;3-4H2,1-2H3;3-4H2,1-2H3;3-4H2,1-2H3;2*1-2H3;1H3;1H3;1H4. The van der Waals surface area contributed by atoms with Crippen molar-refractivity contribution in [2.24, 2.45) is 5.92 Å². The minimum absolute atomic E-state index is 0. The maximum Gasteiger partial charge on any atom is 0.296 e. The number of ketones is 3. The molecule has 1 aliphatic rings. The van der Waals surface area contributed by atoms with Gasteiger partial charge in [-0.3, -0.25) is 41.5 Å². The highest BCUT2D eigenvalue weighted by Crippen LogP contribution is 2.29. The van der Waals surface area contributed by atoms with Gasteiger partial charge in [-0.2, -0.15) is 16.8 Å². The Bertz CT molecular complexity index is 1940.